The molecule has 0 heterocycles. The van der Waals surface area contributed by atoms with Crippen molar-refractivity contribution in [2.75, 3.05) is 6.61 Å². The summed E-state index contributed by atoms with van der Waals surface area (Å²) in [5, 5.41) is 8.71. The molecule has 0 spiro atoms. The number of aliphatic hydroxyl groups is 1. The number of carbonyl (C=O) groups is 1. The first kappa shape index (κ1) is 11.0. The smallest absolute Gasteiger partial charge is 0.334 e. The lowest BCUT2D eigenvalue weighted by Gasteiger charge is -2.03. The number of aliphatic hydroxyl groups excluding tert-OH is 1. The third-order valence-electron chi connectivity index (χ3n) is 1.11. The largest absolute Gasteiger partial charge is 0.463 e. The summed E-state index contributed by atoms with van der Waals surface area (Å²) >= 11 is 0. The molecule has 0 radical (unpaired) electrons. The van der Waals surface area contributed by atoms with Crippen LogP contribution in [0.5, 0.6) is 0 Å². The van der Waals surface area contributed by atoms with Crippen LogP contribution in [-0.2, 0) is 9.53 Å². The van der Waals surface area contributed by atoms with Gasteiger partial charge in [-0.2, -0.15) is 0 Å². The van der Waals surface area contributed by atoms with Crippen molar-refractivity contribution in [3.05, 3.63) is 0 Å². The van der Waals surface area contributed by atoms with Gasteiger partial charge in [0.25, 0.3) is 0 Å². The zero-order valence-electron chi connectivity index (χ0n) is 7.46. The van der Waals surface area contributed by atoms with Gasteiger partial charge in [-0.25, -0.2) is 4.79 Å². The van der Waals surface area contributed by atoms with Crippen LogP contribution < -0.4 is 0 Å². The predicted molar refractivity (Wildman–Crippen MR) is 45.3 cm³/mol. The Kier molecular flexibility index (Phi) is 6.12. The molecule has 3 nitrogen and oxygen atoms in total. The molecule has 0 amide bonds. The van der Waals surface area contributed by atoms with Gasteiger partial charge in [0.1, 0.15) is 12.7 Å². The topological polar surface area (TPSA) is 46.5 Å². The van der Waals surface area contributed by atoms with Crippen LogP contribution in [0.2, 0.25) is 0 Å². The van der Waals surface area contributed by atoms with Crippen molar-refractivity contribution >= 4 is 5.97 Å². The van der Waals surface area contributed by atoms with Gasteiger partial charge in [0.05, 0.1) is 0 Å². The maximum atomic E-state index is 10.7. The second-order valence-corrected chi connectivity index (χ2v) is 2.30. The number of hydrogen-bond acceptors (Lipinski definition) is 3. The Balaban J connectivity index is 3.38. The van der Waals surface area contributed by atoms with Crippen LogP contribution in [0, 0.1) is 11.8 Å². The molecule has 12 heavy (non-hydrogen) atoms. The van der Waals surface area contributed by atoms with E-state index >= 15 is 0 Å². The molecule has 1 N–H and O–H groups in total. The molecule has 0 aromatic rings. The summed E-state index contributed by atoms with van der Waals surface area (Å²) in [6.45, 7) is 3.59. The van der Waals surface area contributed by atoms with Crippen LogP contribution in [0.3, 0.4) is 0 Å². The van der Waals surface area contributed by atoms with E-state index < -0.39 is 12.1 Å². The molecule has 1 unspecified atom stereocenters. The fourth-order valence-electron chi connectivity index (χ4n) is 0.537. The lowest BCUT2D eigenvalue weighted by Crippen LogP contribution is -2.19. The third-order valence-corrected chi connectivity index (χ3v) is 1.11. The Morgan fingerprint density at radius 1 is 1.58 bits per heavy atom. The minimum Gasteiger partial charge on any atom is -0.463 e. The van der Waals surface area contributed by atoms with Gasteiger partial charge in [0.2, 0.25) is 0 Å². The summed E-state index contributed by atoms with van der Waals surface area (Å²) in [5.74, 6) is 5.08. The molecule has 0 rings (SSSR count). The number of rotatable bonds is 3. The Morgan fingerprint density at radius 2 is 2.25 bits per heavy atom. The summed E-state index contributed by atoms with van der Waals surface area (Å²) in [7, 11) is 0. The monoisotopic (exact) mass is 170 g/mol. The lowest BCUT2D eigenvalue weighted by molar-refractivity contribution is -0.152. The molecule has 0 saturated heterocycles. The molecule has 0 fully saturated rings. The van der Waals surface area contributed by atoms with Crippen molar-refractivity contribution < 1.29 is 14.6 Å². The van der Waals surface area contributed by atoms with Crippen LogP contribution in [0.4, 0.5) is 0 Å². The minimum atomic E-state index is -1.04. The van der Waals surface area contributed by atoms with Crippen molar-refractivity contribution in [1.82, 2.24) is 0 Å². The summed E-state index contributed by atoms with van der Waals surface area (Å²) < 4.78 is 4.66. The molecule has 0 aromatic carbocycles. The Morgan fingerprint density at radius 3 is 2.75 bits per heavy atom. The summed E-state index contributed by atoms with van der Waals surface area (Å²) in [5.41, 5.74) is 0. The molecule has 0 bridgehead atoms. The molecular formula is C9H14O3. The van der Waals surface area contributed by atoms with Crippen LogP contribution >= 0.6 is 0 Å². The van der Waals surface area contributed by atoms with E-state index in [1.165, 1.54) is 6.92 Å². The van der Waals surface area contributed by atoms with Crippen molar-refractivity contribution in [2.24, 2.45) is 0 Å². The minimum absolute atomic E-state index is 0.261. The molecule has 0 aromatic heterocycles. The average molecular weight is 170 g/mol. The molecular weight excluding hydrogens is 156 g/mol. The van der Waals surface area contributed by atoms with E-state index in [9.17, 15) is 4.79 Å². The molecule has 0 aliphatic heterocycles. The van der Waals surface area contributed by atoms with Crippen LogP contribution in [-0.4, -0.2) is 23.8 Å². The van der Waals surface area contributed by atoms with Gasteiger partial charge in [0, 0.05) is 12.8 Å². The maximum absolute atomic E-state index is 10.7. The highest BCUT2D eigenvalue weighted by Gasteiger charge is 2.08. The van der Waals surface area contributed by atoms with E-state index in [1.807, 2.05) is 6.92 Å². The van der Waals surface area contributed by atoms with Gasteiger partial charge >= 0.3 is 5.97 Å². The Labute approximate surface area is 72.7 Å². The number of hydrogen-bond donors (Lipinski definition) is 1. The SMILES string of the molecule is CCC#CCCOC(=O)C(C)O. The number of ether oxygens (including phenoxy) is 1. The van der Waals surface area contributed by atoms with Gasteiger partial charge in [0.15, 0.2) is 0 Å². The molecule has 3 heteroatoms. The van der Waals surface area contributed by atoms with Crippen LogP contribution in [0.15, 0.2) is 0 Å². The second-order valence-electron chi connectivity index (χ2n) is 2.30. The highest BCUT2D eigenvalue weighted by molar-refractivity contribution is 5.73. The number of carbonyl (C=O) groups excluding carboxylic acids is 1. The van der Waals surface area contributed by atoms with Crippen molar-refractivity contribution in [2.45, 2.75) is 32.8 Å². The van der Waals surface area contributed by atoms with E-state index in [2.05, 4.69) is 16.6 Å². The van der Waals surface area contributed by atoms with Gasteiger partial charge in [-0.15, -0.1) is 5.92 Å². The summed E-state index contributed by atoms with van der Waals surface area (Å²) in [4.78, 5) is 10.7. The quantitative estimate of drug-likeness (QED) is 0.385. The molecule has 0 aliphatic rings. The van der Waals surface area contributed by atoms with Crippen LogP contribution in [0.1, 0.15) is 26.7 Å². The van der Waals surface area contributed by atoms with Gasteiger partial charge in [-0.05, 0) is 6.92 Å². The molecule has 1 atom stereocenters. The van der Waals surface area contributed by atoms with Gasteiger partial charge in [-0.3, -0.25) is 0 Å². The van der Waals surface area contributed by atoms with E-state index in [1.54, 1.807) is 0 Å². The zero-order chi connectivity index (χ0) is 9.40. The average Bonchev–Trinajstić information content (AvgIpc) is 2.03. The van der Waals surface area contributed by atoms with E-state index in [0.717, 1.165) is 6.42 Å². The summed E-state index contributed by atoms with van der Waals surface area (Å²) in [6.07, 6.45) is 0.306. The maximum Gasteiger partial charge on any atom is 0.334 e. The van der Waals surface area contributed by atoms with E-state index in [0.29, 0.717) is 6.42 Å². The van der Waals surface area contributed by atoms with Crippen molar-refractivity contribution in [1.29, 1.82) is 0 Å². The Bertz CT molecular complexity index is 186. The van der Waals surface area contributed by atoms with Crippen molar-refractivity contribution in [3.63, 3.8) is 0 Å². The zero-order valence-corrected chi connectivity index (χ0v) is 7.46. The lowest BCUT2D eigenvalue weighted by atomic mass is 10.4. The summed E-state index contributed by atoms with van der Waals surface area (Å²) in [6, 6.07) is 0. The predicted octanol–water partition coefficient (Wildman–Crippen LogP) is 0.714. The molecule has 0 saturated carbocycles. The molecule has 0 aliphatic carbocycles. The first-order chi connectivity index (χ1) is 5.68. The highest BCUT2D eigenvalue weighted by Crippen LogP contribution is 1.88. The molecule has 68 valence electrons. The van der Waals surface area contributed by atoms with Crippen LogP contribution in [0.25, 0.3) is 0 Å². The van der Waals surface area contributed by atoms with Gasteiger partial charge in [-0.1, -0.05) is 12.8 Å². The van der Waals surface area contributed by atoms with Gasteiger partial charge < -0.3 is 9.84 Å². The van der Waals surface area contributed by atoms with E-state index in [4.69, 9.17) is 5.11 Å². The first-order valence-corrected chi connectivity index (χ1v) is 3.99. The normalized spacial score (nSPS) is 11.2. The number of esters is 1. The Hall–Kier alpha value is -1.01. The van der Waals surface area contributed by atoms with Crippen molar-refractivity contribution in [3.8, 4) is 11.8 Å². The third kappa shape index (κ3) is 5.75. The standard InChI is InChI=1S/C9H14O3/c1-3-4-5-6-7-12-9(11)8(2)10/h8,10H,3,6-7H2,1-2H3. The first-order valence-electron chi connectivity index (χ1n) is 3.99. The fourth-order valence-corrected chi connectivity index (χ4v) is 0.537. The second kappa shape index (κ2) is 6.68. The fraction of sp³-hybridized carbons (Fsp3) is 0.667. The van der Waals surface area contributed by atoms with E-state index in [-0.39, 0.29) is 6.61 Å². The highest BCUT2D eigenvalue weighted by atomic mass is 16.5.